The van der Waals surface area contributed by atoms with Gasteiger partial charge in [0.15, 0.2) is 9.84 Å². The molecule has 0 saturated heterocycles. The molecule has 0 aliphatic carbocycles. The van der Waals surface area contributed by atoms with Crippen LogP contribution in [0.3, 0.4) is 0 Å². The lowest BCUT2D eigenvalue weighted by molar-refractivity contribution is -0.113. The summed E-state index contributed by atoms with van der Waals surface area (Å²) < 4.78 is 22.0. The van der Waals surface area contributed by atoms with Gasteiger partial charge in [-0.05, 0) is 31.2 Å². The Hall–Kier alpha value is -1.40. The van der Waals surface area contributed by atoms with Gasteiger partial charge >= 0.3 is 0 Å². The fourth-order valence-electron chi connectivity index (χ4n) is 1.71. The molecule has 0 fully saturated rings. The van der Waals surface area contributed by atoms with Gasteiger partial charge in [-0.15, -0.1) is 0 Å². The standard InChI is InChI=1S/C13H20N2O3S/c1-4-14-10(2)11-5-7-12(8-6-11)15-13(16)9-19(3,17)18/h5-8,10,14H,4,9H2,1-3H3,(H,15,16). The van der Waals surface area contributed by atoms with E-state index in [2.05, 4.69) is 17.6 Å². The van der Waals surface area contributed by atoms with E-state index in [1.165, 1.54) is 0 Å². The minimum atomic E-state index is -3.29. The molecule has 106 valence electrons. The SMILES string of the molecule is CCNC(C)c1ccc(NC(=O)CS(C)(=O)=O)cc1. The van der Waals surface area contributed by atoms with Gasteiger partial charge in [0, 0.05) is 18.0 Å². The van der Waals surface area contributed by atoms with Crippen molar-refractivity contribution in [3.8, 4) is 0 Å². The summed E-state index contributed by atoms with van der Waals surface area (Å²) >= 11 is 0. The number of sulfone groups is 1. The first-order valence-corrected chi connectivity index (χ1v) is 8.19. The van der Waals surface area contributed by atoms with Gasteiger partial charge in [-0.25, -0.2) is 8.42 Å². The van der Waals surface area contributed by atoms with Crippen LogP contribution in [-0.4, -0.2) is 32.9 Å². The zero-order valence-corrected chi connectivity index (χ0v) is 12.3. The van der Waals surface area contributed by atoms with E-state index in [0.29, 0.717) is 5.69 Å². The Morgan fingerprint density at radius 1 is 1.26 bits per heavy atom. The Labute approximate surface area is 114 Å². The zero-order chi connectivity index (χ0) is 14.5. The largest absolute Gasteiger partial charge is 0.325 e. The van der Waals surface area contributed by atoms with Gasteiger partial charge in [-0.2, -0.15) is 0 Å². The lowest BCUT2D eigenvalue weighted by Crippen LogP contribution is -2.22. The third kappa shape index (κ3) is 5.85. The van der Waals surface area contributed by atoms with Crippen LogP contribution in [0.4, 0.5) is 5.69 Å². The van der Waals surface area contributed by atoms with E-state index in [9.17, 15) is 13.2 Å². The number of anilines is 1. The average molecular weight is 284 g/mol. The Morgan fingerprint density at radius 3 is 2.32 bits per heavy atom. The highest BCUT2D eigenvalue weighted by molar-refractivity contribution is 7.91. The molecular weight excluding hydrogens is 264 g/mol. The number of nitrogens with one attached hydrogen (secondary N) is 2. The molecule has 6 heteroatoms. The number of amides is 1. The van der Waals surface area contributed by atoms with Crippen molar-refractivity contribution in [1.82, 2.24) is 5.32 Å². The van der Waals surface area contributed by atoms with Crippen LogP contribution in [0.25, 0.3) is 0 Å². The number of hydrogen-bond acceptors (Lipinski definition) is 4. The molecule has 0 aliphatic heterocycles. The molecule has 1 aromatic rings. The fourth-order valence-corrected chi connectivity index (χ4v) is 2.26. The summed E-state index contributed by atoms with van der Waals surface area (Å²) in [6.45, 7) is 4.98. The Bertz CT molecular complexity index is 523. The van der Waals surface area contributed by atoms with E-state index in [-0.39, 0.29) is 6.04 Å². The second-order valence-electron chi connectivity index (χ2n) is 4.52. The molecule has 1 amide bonds. The summed E-state index contributed by atoms with van der Waals surface area (Å²) in [5.41, 5.74) is 1.71. The molecule has 1 unspecified atom stereocenters. The Morgan fingerprint density at radius 2 is 1.84 bits per heavy atom. The third-order valence-electron chi connectivity index (χ3n) is 2.60. The molecule has 0 radical (unpaired) electrons. The molecule has 0 spiro atoms. The molecule has 0 bridgehead atoms. The van der Waals surface area contributed by atoms with Crippen LogP contribution >= 0.6 is 0 Å². The summed E-state index contributed by atoms with van der Waals surface area (Å²) in [4.78, 5) is 11.4. The van der Waals surface area contributed by atoms with E-state index in [0.717, 1.165) is 18.4 Å². The van der Waals surface area contributed by atoms with Gasteiger partial charge in [0.25, 0.3) is 0 Å². The van der Waals surface area contributed by atoms with Gasteiger partial charge in [0.05, 0.1) is 0 Å². The maximum absolute atomic E-state index is 11.4. The van der Waals surface area contributed by atoms with Crippen molar-refractivity contribution < 1.29 is 13.2 Å². The highest BCUT2D eigenvalue weighted by Gasteiger charge is 2.11. The van der Waals surface area contributed by atoms with Crippen LogP contribution in [0, 0.1) is 0 Å². The van der Waals surface area contributed by atoms with Gasteiger partial charge < -0.3 is 10.6 Å². The van der Waals surface area contributed by atoms with Crippen LogP contribution in [0.15, 0.2) is 24.3 Å². The first kappa shape index (κ1) is 15.7. The molecule has 0 aliphatic rings. The van der Waals surface area contributed by atoms with Gasteiger partial charge in [-0.3, -0.25) is 4.79 Å². The summed E-state index contributed by atoms with van der Waals surface area (Å²) in [5.74, 6) is -1.02. The maximum atomic E-state index is 11.4. The quantitative estimate of drug-likeness (QED) is 0.826. The average Bonchev–Trinajstić information content (AvgIpc) is 2.27. The fraction of sp³-hybridized carbons (Fsp3) is 0.462. The molecule has 0 saturated carbocycles. The van der Waals surface area contributed by atoms with E-state index in [1.54, 1.807) is 12.1 Å². The van der Waals surface area contributed by atoms with Gasteiger partial charge in [-0.1, -0.05) is 19.1 Å². The van der Waals surface area contributed by atoms with Crippen LogP contribution in [-0.2, 0) is 14.6 Å². The number of carbonyl (C=O) groups excluding carboxylic acids is 1. The van der Waals surface area contributed by atoms with Crippen molar-refractivity contribution in [1.29, 1.82) is 0 Å². The lowest BCUT2D eigenvalue weighted by Gasteiger charge is -2.13. The molecule has 0 heterocycles. The minimum absolute atomic E-state index is 0.241. The van der Waals surface area contributed by atoms with Crippen LogP contribution < -0.4 is 10.6 Å². The van der Waals surface area contributed by atoms with Crippen molar-refractivity contribution in [3.05, 3.63) is 29.8 Å². The molecule has 5 nitrogen and oxygen atoms in total. The summed E-state index contributed by atoms with van der Waals surface area (Å²) in [7, 11) is -3.29. The summed E-state index contributed by atoms with van der Waals surface area (Å²) in [5, 5.41) is 5.84. The predicted molar refractivity (Wildman–Crippen MR) is 76.9 cm³/mol. The first-order valence-electron chi connectivity index (χ1n) is 6.12. The lowest BCUT2D eigenvalue weighted by atomic mass is 10.1. The normalized spacial score (nSPS) is 13.0. The Balaban J connectivity index is 2.64. The van der Waals surface area contributed by atoms with E-state index >= 15 is 0 Å². The molecule has 2 N–H and O–H groups in total. The van der Waals surface area contributed by atoms with E-state index in [4.69, 9.17) is 0 Å². The summed E-state index contributed by atoms with van der Waals surface area (Å²) in [6.07, 6.45) is 1.04. The van der Waals surface area contributed by atoms with Gasteiger partial charge in [0.2, 0.25) is 5.91 Å². The van der Waals surface area contributed by atoms with Crippen LogP contribution in [0.5, 0.6) is 0 Å². The number of carbonyl (C=O) groups is 1. The molecule has 1 atom stereocenters. The predicted octanol–water partition coefficient (Wildman–Crippen LogP) is 1.34. The molecule has 0 aromatic heterocycles. The van der Waals surface area contributed by atoms with Crippen molar-refractivity contribution in [3.63, 3.8) is 0 Å². The highest BCUT2D eigenvalue weighted by Crippen LogP contribution is 2.15. The first-order chi connectivity index (χ1) is 8.81. The third-order valence-corrected chi connectivity index (χ3v) is 3.38. The van der Waals surface area contributed by atoms with E-state index < -0.39 is 21.5 Å². The second kappa shape index (κ2) is 6.68. The molecule has 19 heavy (non-hydrogen) atoms. The Kier molecular flexibility index (Phi) is 5.50. The molecule has 1 aromatic carbocycles. The van der Waals surface area contributed by atoms with Crippen LogP contribution in [0.2, 0.25) is 0 Å². The maximum Gasteiger partial charge on any atom is 0.239 e. The molecular formula is C13H20N2O3S. The minimum Gasteiger partial charge on any atom is -0.325 e. The van der Waals surface area contributed by atoms with Crippen LogP contribution in [0.1, 0.15) is 25.5 Å². The number of hydrogen-bond donors (Lipinski definition) is 2. The number of rotatable bonds is 6. The van der Waals surface area contributed by atoms with E-state index in [1.807, 2.05) is 19.1 Å². The van der Waals surface area contributed by atoms with Crippen molar-refractivity contribution in [2.45, 2.75) is 19.9 Å². The molecule has 1 rings (SSSR count). The smallest absolute Gasteiger partial charge is 0.239 e. The zero-order valence-electron chi connectivity index (χ0n) is 11.4. The van der Waals surface area contributed by atoms with Crippen molar-refractivity contribution in [2.75, 3.05) is 23.9 Å². The summed E-state index contributed by atoms with van der Waals surface area (Å²) in [6, 6.07) is 7.59. The monoisotopic (exact) mass is 284 g/mol. The topological polar surface area (TPSA) is 75.3 Å². The van der Waals surface area contributed by atoms with Gasteiger partial charge in [0.1, 0.15) is 5.75 Å². The van der Waals surface area contributed by atoms with Crippen molar-refractivity contribution in [2.24, 2.45) is 0 Å². The highest BCUT2D eigenvalue weighted by atomic mass is 32.2. The number of benzene rings is 1. The van der Waals surface area contributed by atoms with Crippen molar-refractivity contribution >= 4 is 21.4 Å². The second-order valence-corrected chi connectivity index (χ2v) is 6.66.